The number of nitrogens with zero attached hydrogens (tertiary/aromatic N) is 4. The summed E-state index contributed by atoms with van der Waals surface area (Å²) in [6, 6.07) is 7.07. The molecule has 9 heteroatoms. The van der Waals surface area contributed by atoms with E-state index in [1.54, 1.807) is 0 Å². The quantitative estimate of drug-likeness (QED) is 0.643. The average molecular weight is 477 g/mol. The monoisotopic (exact) mass is 476 g/mol. The Bertz CT molecular complexity index is 1010. The van der Waals surface area contributed by atoms with Crippen LogP contribution in [0.1, 0.15) is 36.6 Å². The third-order valence-corrected chi connectivity index (χ3v) is 7.39. The molecule has 2 aliphatic heterocycles. The van der Waals surface area contributed by atoms with Gasteiger partial charge in [0.1, 0.15) is 17.8 Å². The fraction of sp³-hybridized carbons (Fsp3) is 0.640. The molecule has 0 spiro atoms. The van der Waals surface area contributed by atoms with Gasteiger partial charge in [-0.2, -0.15) is 18.4 Å². The highest BCUT2D eigenvalue weighted by molar-refractivity contribution is 5.86. The lowest BCUT2D eigenvalue weighted by atomic mass is 10.0. The van der Waals surface area contributed by atoms with Gasteiger partial charge in [-0.1, -0.05) is 6.07 Å². The van der Waals surface area contributed by atoms with Crippen molar-refractivity contribution < 1.29 is 13.2 Å². The Kier molecular flexibility index (Phi) is 7.83. The number of nitriles is 1. The van der Waals surface area contributed by atoms with Gasteiger partial charge in [0.2, 0.25) is 0 Å². The Labute approximate surface area is 199 Å². The molecule has 2 fully saturated rings. The highest BCUT2D eigenvalue weighted by Gasteiger charge is 2.37. The van der Waals surface area contributed by atoms with E-state index in [-0.39, 0.29) is 6.04 Å². The molecule has 0 aliphatic carbocycles. The van der Waals surface area contributed by atoms with Crippen molar-refractivity contribution in [1.82, 2.24) is 25.0 Å². The number of piperidine rings is 1. The highest BCUT2D eigenvalue weighted by atomic mass is 19.4. The number of hydrogen-bond acceptors (Lipinski definition) is 5. The number of halogens is 3. The molecule has 0 amide bonds. The summed E-state index contributed by atoms with van der Waals surface area (Å²) in [5, 5.41) is 17.0. The number of fused-ring (bicyclic) bond motifs is 1. The summed E-state index contributed by atoms with van der Waals surface area (Å²) < 4.78 is 40.7. The molecule has 0 saturated carbocycles. The first kappa shape index (κ1) is 25.0. The maximum Gasteiger partial charge on any atom is 0.403 e. The van der Waals surface area contributed by atoms with E-state index >= 15 is 0 Å². The standard InChI is InChI=1S/C25H35F3N6/c1-18-20(17-33-9-5-21(6-10-33)31-19(2)25(26,27)28)3-4-24-23(18)15-22(16-29)34(24)14-13-32-11-7-30-8-12-32/h3-4,15,19,21,30-31H,5-14,17H2,1-2H3. The largest absolute Gasteiger partial charge is 0.403 e. The molecule has 6 nitrogen and oxygen atoms in total. The Hall–Kier alpha value is -2.12. The molecular formula is C25H35F3N6. The van der Waals surface area contributed by atoms with Crippen molar-refractivity contribution in [2.45, 2.75) is 58.0 Å². The third kappa shape index (κ3) is 5.74. The molecule has 186 valence electrons. The fourth-order valence-electron chi connectivity index (χ4n) is 5.15. The van der Waals surface area contributed by atoms with Gasteiger partial charge in [0.05, 0.1) is 0 Å². The van der Waals surface area contributed by atoms with Crippen molar-refractivity contribution in [3.05, 3.63) is 35.0 Å². The van der Waals surface area contributed by atoms with Crippen molar-refractivity contribution in [2.75, 3.05) is 45.8 Å². The average Bonchev–Trinajstić information content (AvgIpc) is 3.19. The van der Waals surface area contributed by atoms with E-state index in [0.717, 1.165) is 69.8 Å². The normalized spacial score (nSPS) is 20.0. The molecule has 34 heavy (non-hydrogen) atoms. The van der Waals surface area contributed by atoms with E-state index in [2.05, 4.69) is 50.1 Å². The predicted molar refractivity (Wildman–Crippen MR) is 128 cm³/mol. The van der Waals surface area contributed by atoms with Crippen LogP contribution in [0.4, 0.5) is 13.2 Å². The number of benzene rings is 1. The third-order valence-electron chi connectivity index (χ3n) is 7.39. The van der Waals surface area contributed by atoms with Crippen LogP contribution in [0.5, 0.6) is 0 Å². The number of aromatic nitrogens is 1. The molecule has 2 N–H and O–H groups in total. The molecule has 0 radical (unpaired) electrons. The molecule has 1 aromatic heterocycles. The predicted octanol–water partition coefficient (Wildman–Crippen LogP) is 3.23. The van der Waals surface area contributed by atoms with E-state index in [1.807, 2.05) is 6.07 Å². The number of likely N-dealkylation sites (tertiary alicyclic amines) is 1. The van der Waals surface area contributed by atoms with Gasteiger partial charge in [-0.3, -0.25) is 9.80 Å². The SMILES string of the molecule is Cc1c(CN2CCC(NC(C)C(F)(F)F)CC2)ccc2c1cc(C#N)n2CCN1CCNCC1. The van der Waals surface area contributed by atoms with Crippen LogP contribution in [0, 0.1) is 18.3 Å². The van der Waals surface area contributed by atoms with Crippen LogP contribution >= 0.6 is 0 Å². The topological polar surface area (TPSA) is 59.3 Å². The van der Waals surface area contributed by atoms with Gasteiger partial charge >= 0.3 is 6.18 Å². The first-order valence-electron chi connectivity index (χ1n) is 12.3. The molecule has 4 rings (SSSR count). The van der Waals surface area contributed by atoms with Crippen LogP contribution in [0.15, 0.2) is 18.2 Å². The van der Waals surface area contributed by atoms with Gasteiger partial charge in [-0.05, 0) is 63.0 Å². The van der Waals surface area contributed by atoms with Crippen LogP contribution in [0.2, 0.25) is 0 Å². The summed E-state index contributed by atoms with van der Waals surface area (Å²) in [5.41, 5.74) is 4.18. The lowest BCUT2D eigenvalue weighted by Gasteiger charge is -2.34. The summed E-state index contributed by atoms with van der Waals surface area (Å²) in [4.78, 5) is 4.75. The van der Waals surface area contributed by atoms with Gasteiger partial charge < -0.3 is 15.2 Å². The number of aryl methyl sites for hydroxylation is 1. The van der Waals surface area contributed by atoms with Crippen molar-refractivity contribution >= 4 is 10.9 Å². The first-order chi connectivity index (χ1) is 16.3. The number of nitrogens with one attached hydrogen (secondary N) is 2. The van der Waals surface area contributed by atoms with Crippen molar-refractivity contribution in [1.29, 1.82) is 5.26 Å². The highest BCUT2D eigenvalue weighted by Crippen LogP contribution is 2.28. The summed E-state index contributed by atoms with van der Waals surface area (Å²) in [6.07, 6.45) is -2.78. The summed E-state index contributed by atoms with van der Waals surface area (Å²) in [6.45, 7) is 11.4. The second kappa shape index (κ2) is 10.6. The van der Waals surface area contributed by atoms with E-state index in [1.165, 1.54) is 18.1 Å². The lowest BCUT2D eigenvalue weighted by molar-refractivity contribution is -0.154. The second-order valence-corrected chi connectivity index (χ2v) is 9.65. The number of hydrogen-bond donors (Lipinski definition) is 2. The second-order valence-electron chi connectivity index (χ2n) is 9.65. The van der Waals surface area contributed by atoms with Gasteiger partial charge in [0.15, 0.2) is 0 Å². The van der Waals surface area contributed by atoms with Crippen LogP contribution in [-0.4, -0.2) is 78.4 Å². The molecule has 3 heterocycles. The molecule has 2 aromatic rings. The Morgan fingerprint density at radius 2 is 1.82 bits per heavy atom. The van der Waals surface area contributed by atoms with E-state index < -0.39 is 12.2 Å². The van der Waals surface area contributed by atoms with E-state index in [4.69, 9.17) is 0 Å². The van der Waals surface area contributed by atoms with Crippen LogP contribution in [0.3, 0.4) is 0 Å². The fourth-order valence-corrected chi connectivity index (χ4v) is 5.15. The molecule has 1 unspecified atom stereocenters. The lowest BCUT2D eigenvalue weighted by Crippen LogP contribution is -2.49. The van der Waals surface area contributed by atoms with Gasteiger partial charge in [-0.15, -0.1) is 0 Å². The maximum atomic E-state index is 12.8. The maximum absolute atomic E-state index is 12.8. The molecular weight excluding hydrogens is 441 g/mol. The van der Waals surface area contributed by atoms with E-state index in [0.29, 0.717) is 18.5 Å². The van der Waals surface area contributed by atoms with Crippen LogP contribution in [0.25, 0.3) is 10.9 Å². The smallest absolute Gasteiger partial charge is 0.331 e. The zero-order valence-corrected chi connectivity index (χ0v) is 20.1. The van der Waals surface area contributed by atoms with E-state index in [9.17, 15) is 18.4 Å². The Morgan fingerprint density at radius 1 is 1.12 bits per heavy atom. The van der Waals surface area contributed by atoms with Gasteiger partial charge in [-0.25, -0.2) is 0 Å². The number of piperazine rings is 1. The molecule has 2 saturated heterocycles. The minimum atomic E-state index is -4.20. The number of alkyl halides is 3. The molecule has 1 atom stereocenters. The zero-order valence-electron chi connectivity index (χ0n) is 20.1. The summed E-state index contributed by atoms with van der Waals surface area (Å²) in [5.74, 6) is 0. The molecule has 0 bridgehead atoms. The summed E-state index contributed by atoms with van der Waals surface area (Å²) in [7, 11) is 0. The van der Waals surface area contributed by atoms with Crippen molar-refractivity contribution in [3.63, 3.8) is 0 Å². The zero-order chi connectivity index (χ0) is 24.3. The van der Waals surface area contributed by atoms with Crippen LogP contribution < -0.4 is 10.6 Å². The summed E-state index contributed by atoms with van der Waals surface area (Å²) >= 11 is 0. The molecule has 1 aromatic carbocycles. The van der Waals surface area contributed by atoms with Crippen molar-refractivity contribution in [3.8, 4) is 6.07 Å². The number of rotatable bonds is 7. The van der Waals surface area contributed by atoms with Gasteiger partial charge in [0, 0.05) is 62.8 Å². The Morgan fingerprint density at radius 3 is 2.47 bits per heavy atom. The Balaban J connectivity index is 1.40. The van der Waals surface area contributed by atoms with Crippen molar-refractivity contribution in [2.24, 2.45) is 0 Å². The minimum absolute atomic E-state index is 0.0978. The van der Waals surface area contributed by atoms with Crippen LogP contribution in [-0.2, 0) is 13.1 Å². The molecule has 2 aliphatic rings. The van der Waals surface area contributed by atoms with Gasteiger partial charge in [0.25, 0.3) is 0 Å². The minimum Gasteiger partial charge on any atom is -0.331 e. The first-order valence-corrected chi connectivity index (χ1v) is 12.3.